The van der Waals surface area contributed by atoms with Gasteiger partial charge in [-0.15, -0.1) is 0 Å². The van der Waals surface area contributed by atoms with Crippen LogP contribution >= 0.6 is 0 Å². The van der Waals surface area contributed by atoms with E-state index in [9.17, 15) is 14.4 Å². The minimum Gasteiger partial charge on any atom is -0.395 e. The first kappa shape index (κ1) is 16.3. The SMILES string of the molecule is O=CNCCCNC(=O)C(=O)N(CCO)CCO. The zero-order valence-electron chi connectivity index (χ0n) is 10.1. The van der Waals surface area contributed by atoms with E-state index in [2.05, 4.69) is 10.6 Å². The highest BCUT2D eigenvalue weighted by molar-refractivity contribution is 6.35. The zero-order valence-corrected chi connectivity index (χ0v) is 10.1. The number of rotatable bonds is 9. The topological polar surface area (TPSA) is 119 Å². The average Bonchev–Trinajstić information content (AvgIpc) is 2.37. The Kier molecular flexibility index (Phi) is 9.51. The Morgan fingerprint density at radius 3 is 2.22 bits per heavy atom. The smallest absolute Gasteiger partial charge is 0.312 e. The van der Waals surface area contributed by atoms with Gasteiger partial charge in [-0.3, -0.25) is 14.4 Å². The van der Waals surface area contributed by atoms with Gasteiger partial charge in [0, 0.05) is 26.2 Å². The van der Waals surface area contributed by atoms with Gasteiger partial charge in [-0.2, -0.15) is 0 Å². The Balaban J connectivity index is 3.97. The molecule has 0 aliphatic heterocycles. The van der Waals surface area contributed by atoms with Crippen molar-refractivity contribution in [1.29, 1.82) is 0 Å². The number of hydrogen-bond donors (Lipinski definition) is 4. The van der Waals surface area contributed by atoms with Gasteiger partial charge in [0.1, 0.15) is 0 Å². The average molecular weight is 261 g/mol. The second-order valence-corrected chi connectivity index (χ2v) is 3.42. The summed E-state index contributed by atoms with van der Waals surface area (Å²) in [6, 6.07) is 0. The third kappa shape index (κ3) is 6.81. The summed E-state index contributed by atoms with van der Waals surface area (Å²) >= 11 is 0. The van der Waals surface area contributed by atoms with E-state index in [1.54, 1.807) is 0 Å². The largest absolute Gasteiger partial charge is 0.395 e. The van der Waals surface area contributed by atoms with E-state index in [1.165, 1.54) is 0 Å². The predicted molar refractivity (Wildman–Crippen MR) is 62.4 cm³/mol. The summed E-state index contributed by atoms with van der Waals surface area (Å²) in [5, 5.41) is 22.2. The molecular formula is C10H19N3O5. The van der Waals surface area contributed by atoms with Crippen LogP contribution in [0.2, 0.25) is 0 Å². The van der Waals surface area contributed by atoms with Gasteiger partial charge < -0.3 is 25.7 Å². The van der Waals surface area contributed by atoms with Crippen LogP contribution in [0.15, 0.2) is 0 Å². The van der Waals surface area contributed by atoms with Crippen LogP contribution in [0.3, 0.4) is 0 Å². The highest BCUT2D eigenvalue weighted by Crippen LogP contribution is 1.89. The molecule has 0 atom stereocenters. The van der Waals surface area contributed by atoms with Crippen molar-refractivity contribution in [2.45, 2.75) is 6.42 Å². The van der Waals surface area contributed by atoms with Gasteiger partial charge in [0.25, 0.3) is 0 Å². The molecule has 0 heterocycles. The number of aliphatic hydroxyl groups excluding tert-OH is 2. The van der Waals surface area contributed by atoms with E-state index >= 15 is 0 Å². The Morgan fingerprint density at radius 2 is 1.72 bits per heavy atom. The molecule has 0 saturated heterocycles. The Morgan fingerprint density at radius 1 is 1.11 bits per heavy atom. The normalized spacial score (nSPS) is 9.67. The van der Waals surface area contributed by atoms with E-state index in [0.29, 0.717) is 19.4 Å². The molecule has 0 saturated carbocycles. The van der Waals surface area contributed by atoms with Crippen molar-refractivity contribution in [3.63, 3.8) is 0 Å². The monoisotopic (exact) mass is 261 g/mol. The number of hydrogen-bond acceptors (Lipinski definition) is 5. The van der Waals surface area contributed by atoms with Crippen molar-refractivity contribution < 1.29 is 24.6 Å². The second kappa shape index (κ2) is 10.5. The number of carbonyl (C=O) groups excluding carboxylic acids is 3. The molecule has 0 aliphatic carbocycles. The van der Waals surface area contributed by atoms with Crippen LogP contribution in [0, 0.1) is 0 Å². The molecule has 0 aromatic heterocycles. The molecule has 0 fully saturated rings. The van der Waals surface area contributed by atoms with Crippen molar-refractivity contribution in [3.8, 4) is 0 Å². The number of amides is 3. The van der Waals surface area contributed by atoms with Gasteiger partial charge >= 0.3 is 11.8 Å². The first-order chi connectivity index (χ1) is 8.67. The van der Waals surface area contributed by atoms with Crippen LogP contribution in [0.1, 0.15) is 6.42 Å². The van der Waals surface area contributed by atoms with E-state index in [1.807, 2.05) is 0 Å². The molecule has 18 heavy (non-hydrogen) atoms. The third-order valence-electron chi connectivity index (χ3n) is 2.09. The standard InChI is InChI=1S/C10H19N3O5/c14-6-4-13(5-7-15)10(18)9(17)12-3-1-2-11-8-16/h8,14-15H,1-7H2,(H,11,16)(H,12,17). The van der Waals surface area contributed by atoms with Crippen molar-refractivity contribution >= 4 is 18.2 Å². The van der Waals surface area contributed by atoms with Crippen LogP contribution in [0.4, 0.5) is 0 Å². The minimum absolute atomic E-state index is 0.000485. The van der Waals surface area contributed by atoms with Gasteiger partial charge in [-0.25, -0.2) is 0 Å². The van der Waals surface area contributed by atoms with Gasteiger partial charge in [0.2, 0.25) is 6.41 Å². The van der Waals surface area contributed by atoms with Crippen molar-refractivity contribution in [3.05, 3.63) is 0 Å². The van der Waals surface area contributed by atoms with Crippen LogP contribution < -0.4 is 10.6 Å². The molecule has 104 valence electrons. The lowest BCUT2D eigenvalue weighted by molar-refractivity contribution is -0.146. The molecule has 0 aliphatic rings. The maximum Gasteiger partial charge on any atom is 0.312 e. The summed E-state index contributed by atoms with van der Waals surface area (Å²) in [7, 11) is 0. The fourth-order valence-electron chi connectivity index (χ4n) is 1.23. The Hall–Kier alpha value is -1.67. The van der Waals surface area contributed by atoms with Crippen LogP contribution in [0.5, 0.6) is 0 Å². The molecule has 0 radical (unpaired) electrons. The predicted octanol–water partition coefficient (Wildman–Crippen LogP) is -2.95. The first-order valence-electron chi connectivity index (χ1n) is 5.63. The molecule has 8 nitrogen and oxygen atoms in total. The minimum atomic E-state index is -0.790. The summed E-state index contributed by atoms with van der Waals surface area (Å²) in [5.74, 6) is -1.58. The molecule has 3 amide bonds. The van der Waals surface area contributed by atoms with E-state index in [0.717, 1.165) is 4.90 Å². The molecule has 8 heteroatoms. The van der Waals surface area contributed by atoms with Crippen LogP contribution in [-0.2, 0) is 14.4 Å². The van der Waals surface area contributed by atoms with Crippen molar-refractivity contribution in [2.24, 2.45) is 0 Å². The number of nitrogens with one attached hydrogen (secondary N) is 2. The lowest BCUT2D eigenvalue weighted by Gasteiger charge is -2.19. The molecule has 0 aromatic rings. The molecule has 0 rings (SSSR count). The Labute approximate surface area is 105 Å². The second-order valence-electron chi connectivity index (χ2n) is 3.42. The molecule has 0 aromatic carbocycles. The quantitative estimate of drug-likeness (QED) is 0.201. The van der Waals surface area contributed by atoms with Gasteiger partial charge in [-0.05, 0) is 6.42 Å². The van der Waals surface area contributed by atoms with E-state index in [-0.39, 0.29) is 32.8 Å². The molecule has 0 spiro atoms. The summed E-state index contributed by atoms with van der Waals surface area (Å²) < 4.78 is 0. The summed E-state index contributed by atoms with van der Waals surface area (Å²) in [4.78, 5) is 34.0. The fourth-order valence-corrected chi connectivity index (χ4v) is 1.23. The number of aliphatic hydroxyl groups is 2. The molecule has 4 N–H and O–H groups in total. The number of nitrogens with zero attached hydrogens (tertiary/aromatic N) is 1. The molecule has 0 bridgehead atoms. The highest BCUT2D eigenvalue weighted by Gasteiger charge is 2.20. The summed E-state index contributed by atoms with van der Waals surface area (Å²) in [6.07, 6.45) is 1.06. The van der Waals surface area contributed by atoms with Crippen LogP contribution in [-0.4, -0.2) is 72.7 Å². The Bertz CT molecular complexity index is 266. The van der Waals surface area contributed by atoms with E-state index in [4.69, 9.17) is 10.2 Å². The maximum absolute atomic E-state index is 11.6. The first-order valence-corrected chi connectivity index (χ1v) is 5.63. The van der Waals surface area contributed by atoms with Gasteiger partial charge in [0.15, 0.2) is 0 Å². The van der Waals surface area contributed by atoms with Gasteiger partial charge in [-0.1, -0.05) is 0 Å². The highest BCUT2D eigenvalue weighted by atomic mass is 16.3. The van der Waals surface area contributed by atoms with Crippen LogP contribution in [0.25, 0.3) is 0 Å². The summed E-state index contributed by atoms with van der Waals surface area (Å²) in [5.41, 5.74) is 0. The fraction of sp³-hybridized carbons (Fsp3) is 0.700. The number of carbonyl (C=O) groups is 3. The molecule has 0 unspecified atom stereocenters. The lowest BCUT2D eigenvalue weighted by Crippen LogP contribution is -2.45. The van der Waals surface area contributed by atoms with Gasteiger partial charge in [0.05, 0.1) is 13.2 Å². The van der Waals surface area contributed by atoms with Crippen molar-refractivity contribution in [1.82, 2.24) is 15.5 Å². The maximum atomic E-state index is 11.6. The zero-order chi connectivity index (χ0) is 13.8. The lowest BCUT2D eigenvalue weighted by atomic mass is 10.4. The van der Waals surface area contributed by atoms with Crippen molar-refractivity contribution in [2.75, 3.05) is 39.4 Å². The third-order valence-corrected chi connectivity index (χ3v) is 2.09. The summed E-state index contributed by atoms with van der Waals surface area (Å²) in [6.45, 7) is 0.121. The van der Waals surface area contributed by atoms with E-state index < -0.39 is 11.8 Å². The molecular weight excluding hydrogens is 242 g/mol.